The first-order chi connectivity index (χ1) is 27.4. The molecular formula is C46H51F3N2O7Si2. The molecule has 2 heterocycles. The molecule has 60 heavy (non-hydrogen) atoms. The molecule has 316 valence electrons. The lowest BCUT2D eigenvalue weighted by atomic mass is 9.75. The molecule has 4 amide bonds. The molecule has 0 saturated heterocycles. The summed E-state index contributed by atoms with van der Waals surface area (Å²) in [5, 5.41) is -0.508. The third kappa shape index (κ3) is 7.20. The van der Waals surface area contributed by atoms with E-state index in [1.54, 1.807) is 13.0 Å². The average molecular weight is 857 g/mol. The van der Waals surface area contributed by atoms with Crippen molar-refractivity contribution in [2.45, 2.75) is 103 Å². The molecule has 0 spiro atoms. The van der Waals surface area contributed by atoms with Gasteiger partial charge in [0.15, 0.2) is 5.78 Å². The van der Waals surface area contributed by atoms with E-state index in [-0.39, 0.29) is 66.0 Å². The van der Waals surface area contributed by atoms with E-state index in [0.717, 1.165) is 16.7 Å². The third-order valence-electron chi connectivity index (χ3n) is 12.9. The number of rotatable bonds is 9. The van der Waals surface area contributed by atoms with Crippen molar-refractivity contribution < 1.29 is 46.0 Å². The number of alkyl halides is 3. The van der Waals surface area contributed by atoms with Crippen LogP contribution in [0.4, 0.5) is 18.9 Å². The Morgan fingerprint density at radius 1 is 0.567 bits per heavy atom. The third-order valence-corrected chi connectivity index (χ3v) is 21.6. The van der Waals surface area contributed by atoms with E-state index in [1.807, 2.05) is 33.9 Å². The molecular weight excluding hydrogens is 806 g/mol. The van der Waals surface area contributed by atoms with Gasteiger partial charge in [0, 0.05) is 18.2 Å². The minimum Gasteiger partial charge on any atom is -0.543 e. The molecule has 0 aromatic heterocycles. The summed E-state index contributed by atoms with van der Waals surface area (Å²) < 4.78 is 60.1. The number of halogens is 3. The zero-order chi connectivity index (χ0) is 44.9. The summed E-state index contributed by atoms with van der Waals surface area (Å²) in [4.78, 5) is 69.3. The lowest BCUT2D eigenvalue weighted by molar-refractivity contribution is -0.173. The molecule has 1 unspecified atom stereocenters. The Hall–Kier alpha value is -5.35. The lowest BCUT2D eigenvalue weighted by Gasteiger charge is -2.39. The Morgan fingerprint density at radius 2 is 0.983 bits per heavy atom. The minimum absolute atomic E-state index is 0.0225. The minimum atomic E-state index is -4.84. The maximum absolute atomic E-state index is 15.7. The molecule has 0 bridgehead atoms. The summed E-state index contributed by atoms with van der Waals surface area (Å²) >= 11 is 0. The fraction of sp³-hybridized carbons (Fsp3) is 0.370. The molecule has 0 aliphatic carbocycles. The highest BCUT2D eigenvalue weighted by Gasteiger charge is 2.54. The number of carbonyl (C=O) groups is 5. The summed E-state index contributed by atoms with van der Waals surface area (Å²) in [7, 11) is -3.71. The summed E-state index contributed by atoms with van der Waals surface area (Å²) in [6.45, 7) is 23.0. The van der Waals surface area contributed by atoms with Gasteiger partial charge in [0.05, 0.1) is 27.9 Å². The first-order valence-electron chi connectivity index (χ1n) is 19.7. The molecule has 0 radical (unpaired) electrons. The van der Waals surface area contributed by atoms with Gasteiger partial charge in [-0.25, -0.2) is 4.90 Å². The van der Waals surface area contributed by atoms with Gasteiger partial charge in [0.1, 0.15) is 16.9 Å². The SMILES string of the molecule is Cc1cc(C(C)(c2ccc(O[Si](C)(C)C(C)(C)C)c(N3C(=O)c4ccc(C(=O)c5ccc6c(c5)C(=O)N(C)C6=O)cc4C3=O)c2)C(F)(F)F)ccc1O[Si](C)(C)C(C)(C)C. The fourth-order valence-corrected chi connectivity index (χ4v) is 8.90. The Balaban J connectivity index is 1.45. The zero-order valence-electron chi connectivity index (χ0n) is 36.3. The van der Waals surface area contributed by atoms with Crippen LogP contribution in [0.25, 0.3) is 0 Å². The number of ketones is 1. The molecule has 0 saturated carbocycles. The maximum atomic E-state index is 15.7. The second-order valence-corrected chi connectivity index (χ2v) is 28.4. The number of hydrogen-bond acceptors (Lipinski definition) is 7. The highest BCUT2D eigenvalue weighted by Crippen LogP contribution is 2.50. The quantitative estimate of drug-likeness (QED) is 0.0936. The van der Waals surface area contributed by atoms with Crippen LogP contribution in [0.15, 0.2) is 72.8 Å². The summed E-state index contributed by atoms with van der Waals surface area (Å²) in [6, 6.07) is 16.5. The molecule has 1 atom stereocenters. The van der Waals surface area contributed by atoms with E-state index in [9.17, 15) is 24.0 Å². The second-order valence-electron chi connectivity index (χ2n) is 19.0. The predicted molar refractivity (Wildman–Crippen MR) is 230 cm³/mol. The van der Waals surface area contributed by atoms with Gasteiger partial charge in [0.25, 0.3) is 31.9 Å². The number of benzene rings is 4. The highest BCUT2D eigenvalue weighted by molar-refractivity contribution is 6.75. The highest BCUT2D eigenvalue weighted by atomic mass is 28.4. The van der Waals surface area contributed by atoms with Gasteiger partial charge in [-0.05, 0) is 109 Å². The number of amides is 4. The Morgan fingerprint density at radius 3 is 1.47 bits per heavy atom. The van der Waals surface area contributed by atoms with Gasteiger partial charge >= 0.3 is 6.18 Å². The monoisotopic (exact) mass is 856 g/mol. The van der Waals surface area contributed by atoms with Gasteiger partial charge in [-0.3, -0.25) is 28.9 Å². The van der Waals surface area contributed by atoms with Crippen molar-refractivity contribution in [1.82, 2.24) is 4.90 Å². The summed E-state index contributed by atoms with van der Waals surface area (Å²) in [5.74, 6) is -2.70. The topological polar surface area (TPSA) is 110 Å². The number of imide groups is 2. The molecule has 9 nitrogen and oxygen atoms in total. The van der Waals surface area contributed by atoms with Crippen molar-refractivity contribution >= 4 is 51.7 Å². The van der Waals surface area contributed by atoms with E-state index >= 15 is 13.2 Å². The first kappa shape index (κ1) is 44.2. The van der Waals surface area contributed by atoms with E-state index in [2.05, 4.69) is 33.9 Å². The number of carbonyl (C=O) groups excluding carboxylic acids is 5. The standard InChI is InChI=1S/C46H51F3N2O7Si2/c1-26-22-29(16-20-36(26)57-59(10,11)43(2,3)4)45(8,46(47,48)49)30-17-21-37(58-60(12,13)44(5,6)7)35(25-30)51-41(55)32-19-15-28(24-34(32)42(51)56)38(52)27-14-18-31-33(23-27)40(54)50(9)39(31)53/h14-25H,1-13H3. The Kier molecular flexibility index (Phi) is 10.6. The van der Waals surface area contributed by atoms with Crippen molar-refractivity contribution in [3.8, 4) is 11.5 Å². The molecule has 0 fully saturated rings. The fourth-order valence-electron chi connectivity index (χ4n) is 6.78. The van der Waals surface area contributed by atoms with Crippen LogP contribution < -0.4 is 13.8 Å². The van der Waals surface area contributed by atoms with Gasteiger partial charge < -0.3 is 8.85 Å². The summed E-state index contributed by atoms with van der Waals surface area (Å²) in [6.07, 6.45) is -4.84. The molecule has 2 aliphatic heterocycles. The van der Waals surface area contributed by atoms with E-state index < -0.39 is 57.6 Å². The van der Waals surface area contributed by atoms with Crippen LogP contribution in [-0.4, -0.2) is 64.2 Å². The molecule has 6 rings (SSSR count). The van der Waals surface area contributed by atoms with Gasteiger partial charge in [0.2, 0.25) is 8.32 Å². The van der Waals surface area contributed by atoms with Crippen LogP contribution in [0.5, 0.6) is 11.5 Å². The van der Waals surface area contributed by atoms with Crippen molar-refractivity contribution in [3.63, 3.8) is 0 Å². The van der Waals surface area contributed by atoms with Crippen molar-refractivity contribution in [2.24, 2.45) is 0 Å². The van der Waals surface area contributed by atoms with Crippen LogP contribution >= 0.6 is 0 Å². The number of anilines is 1. The van der Waals surface area contributed by atoms with Gasteiger partial charge in [-0.2, -0.15) is 13.2 Å². The van der Waals surface area contributed by atoms with Crippen LogP contribution in [0.1, 0.15) is 123 Å². The van der Waals surface area contributed by atoms with Crippen LogP contribution in [0.3, 0.4) is 0 Å². The zero-order valence-corrected chi connectivity index (χ0v) is 38.3. The number of aryl methyl sites for hydroxylation is 1. The van der Waals surface area contributed by atoms with Crippen molar-refractivity contribution in [1.29, 1.82) is 0 Å². The van der Waals surface area contributed by atoms with Crippen molar-refractivity contribution in [3.05, 3.63) is 123 Å². The second kappa shape index (κ2) is 14.4. The Labute approximate surface area is 351 Å². The van der Waals surface area contributed by atoms with Gasteiger partial charge in [-0.15, -0.1) is 0 Å². The lowest BCUT2D eigenvalue weighted by Crippen LogP contribution is -2.45. The van der Waals surface area contributed by atoms with E-state index in [0.29, 0.717) is 11.3 Å². The van der Waals surface area contributed by atoms with Crippen molar-refractivity contribution in [2.75, 3.05) is 11.9 Å². The molecule has 4 aromatic carbocycles. The largest absolute Gasteiger partial charge is 0.543 e. The van der Waals surface area contributed by atoms with Crippen LogP contribution in [0.2, 0.25) is 36.3 Å². The smallest absolute Gasteiger partial charge is 0.402 e. The molecule has 0 N–H and O–H groups in total. The Bertz CT molecular complexity index is 2520. The molecule has 4 aromatic rings. The maximum Gasteiger partial charge on any atom is 0.402 e. The average Bonchev–Trinajstić information content (AvgIpc) is 3.52. The van der Waals surface area contributed by atoms with E-state index in [1.165, 1.54) is 73.8 Å². The predicted octanol–water partition coefficient (Wildman–Crippen LogP) is 10.9. The normalized spacial score (nSPS) is 15.9. The summed E-state index contributed by atoms with van der Waals surface area (Å²) in [5.41, 5.74) is -2.39. The molecule has 2 aliphatic rings. The molecule has 14 heteroatoms. The number of nitrogens with zero attached hydrogens (tertiary/aromatic N) is 2. The number of hydrogen-bond donors (Lipinski definition) is 0. The van der Waals surface area contributed by atoms with Crippen LogP contribution in [-0.2, 0) is 5.41 Å². The van der Waals surface area contributed by atoms with Gasteiger partial charge in [-0.1, -0.05) is 71.9 Å². The number of fused-ring (bicyclic) bond motifs is 2. The van der Waals surface area contributed by atoms with E-state index in [4.69, 9.17) is 8.85 Å². The first-order valence-corrected chi connectivity index (χ1v) is 25.5. The van der Waals surface area contributed by atoms with Crippen LogP contribution in [0, 0.1) is 6.92 Å².